The quantitative estimate of drug-likeness (QED) is 0.184. The summed E-state index contributed by atoms with van der Waals surface area (Å²) in [6.07, 6.45) is -0.627. The van der Waals surface area contributed by atoms with Gasteiger partial charge in [-0.3, -0.25) is 9.20 Å². The Morgan fingerprint density at radius 1 is 1.03 bits per heavy atom. The van der Waals surface area contributed by atoms with Gasteiger partial charge in [-0.25, -0.2) is 9.37 Å². The normalized spacial score (nSPS) is 14.7. The first-order valence-electron chi connectivity index (χ1n) is 12.9. The number of ketones is 1. The maximum Gasteiger partial charge on any atom is 0.573 e. The second kappa shape index (κ2) is 10.7. The number of rotatable bonds is 7. The minimum Gasteiger partial charge on any atom is -0.406 e. The number of nitrogens with zero attached hydrogens (tertiary/aromatic N) is 3. The Morgan fingerprint density at radius 3 is 2.41 bits per heavy atom. The monoisotopic (exact) mass is 539 g/mol. The second-order valence-electron chi connectivity index (χ2n) is 10.1. The summed E-state index contributed by atoms with van der Waals surface area (Å²) in [4.78, 5) is 19.5. The number of Topliss-reactive ketones (excluding diaryl/α,β-unsaturated/α-hetero) is 1. The van der Waals surface area contributed by atoms with Gasteiger partial charge in [-0.15, -0.1) is 13.2 Å². The number of aromatic nitrogens is 2. The first-order chi connectivity index (χ1) is 18.6. The van der Waals surface area contributed by atoms with E-state index in [1.54, 1.807) is 18.2 Å². The molecule has 5 rings (SSSR count). The number of anilines is 1. The molecule has 39 heavy (non-hydrogen) atoms. The topological polar surface area (TPSA) is 46.8 Å². The van der Waals surface area contributed by atoms with Gasteiger partial charge in [0, 0.05) is 25.7 Å². The number of piperidine rings is 1. The van der Waals surface area contributed by atoms with Gasteiger partial charge in [0.05, 0.1) is 11.4 Å². The van der Waals surface area contributed by atoms with Crippen LogP contribution in [0.5, 0.6) is 5.75 Å². The Labute approximate surface area is 224 Å². The number of ether oxygens (including phenoxy) is 1. The summed E-state index contributed by atoms with van der Waals surface area (Å²) in [6, 6.07) is 15.0. The van der Waals surface area contributed by atoms with Crippen LogP contribution in [-0.2, 0) is 6.42 Å². The predicted molar refractivity (Wildman–Crippen MR) is 141 cm³/mol. The third-order valence-electron chi connectivity index (χ3n) is 7.28. The largest absolute Gasteiger partial charge is 0.573 e. The highest BCUT2D eigenvalue weighted by molar-refractivity contribution is 5.96. The van der Waals surface area contributed by atoms with Gasteiger partial charge >= 0.3 is 6.36 Å². The Bertz CT molecular complexity index is 1490. The van der Waals surface area contributed by atoms with E-state index in [0.717, 1.165) is 35.2 Å². The average molecular weight is 540 g/mol. The van der Waals surface area contributed by atoms with Crippen LogP contribution in [0.1, 0.15) is 58.1 Å². The van der Waals surface area contributed by atoms with E-state index in [4.69, 9.17) is 0 Å². The van der Waals surface area contributed by atoms with Crippen molar-refractivity contribution in [3.05, 3.63) is 94.7 Å². The number of carbonyl (C=O) groups excluding carboxylic acids is 1. The van der Waals surface area contributed by atoms with Crippen molar-refractivity contribution in [3.8, 4) is 5.75 Å². The fourth-order valence-electron chi connectivity index (χ4n) is 5.34. The van der Waals surface area contributed by atoms with Gasteiger partial charge in [0.15, 0.2) is 5.78 Å². The van der Waals surface area contributed by atoms with E-state index >= 15 is 4.39 Å². The fourth-order valence-corrected chi connectivity index (χ4v) is 5.34. The lowest BCUT2D eigenvalue weighted by Crippen LogP contribution is -2.33. The number of imidazole rings is 1. The number of aryl methyl sites for hydroxylation is 3. The van der Waals surface area contributed by atoms with Gasteiger partial charge in [0.25, 0.3) is 0 Å². The number of hydrogen-bond acceptors (Lipinski definition) is 4. The van der Waals surface area contributed by atoms with Gasteiger partial charge in [-0.1, -0.05) is 24.3 Å². The molecule has 0 amide bonds. The number of pyridine rings is 1. The first-order valence-corrected chi connectivity index (χ1v) is 12.9. The number of fused-ring (bicyclic) bond motifs is 1. The molecular weight excluding hydrogens is 510 g/mol. The third-order valence-corrected chi connectivity index (χ3v) is 7.28. The van der Waals surface area contributed by atoms with Gasteiger partial charge in [-0.2, -0.15) is 0 Å². The molecule has 5 nitrogen and oxygen atoms in total. The number of benzene rings is 2. The molecule has 0 bridgehead atoms. The molecule has 0 saturated carbocycles. The van der Waals surface area contributed by atoms with E-state index in [0.29, 0.717) is 36.6 Å². The molecule has 1 saturated heterocycles. The summed E-state index contributed by atoms with van der Waals surface area (Å²) < 4.78 is 58.1. The molecule has 1 fully saturated rings. The Morgan fingerprint density at radius 2 is 1.74 bits per heavy atom. The van der Waals surface area contributed by atoms with Crippen LogP contribution in [0.4, 0.5) is 23.2 Å². The highest BCUT2D eigenvalue weighted by Crippen LogP contribution is 2.33. The van der Waals surface area contributed by atoms with Crippen LogP contribution in [0.25, 0.3) is 5.65 Å². The number of alkyl halides is 3. The van der Waals surface area contributed by atoms with Crippen LogP contribution in [0.15, 0.2) is 60.8 Å². The number of carbonyl (C=O) groups is 1. The average Bonchev–Trinajstić information content (AvgIpc) is 3.22. The van der Waals surface area contributed by atoms with Crippen LogP contribution >= 0.6 is 0 Å². The maximum atomic E-state index is 15.1. The standard InChI is InChI=1S/C30H29F4N3O2/c1-19-3-12-28-35-20(2)29(37(28)18-19)27(38)11-5-21-4-10-26(25(31)17-21)36-15-13-23(14-16-36)22-6-8-24(9-7-22)39-30(32,33)34/h3-4,6-10,12,17-18,23H,5,11,13-16H2,1-2H3. The molecular formula is C30H29F4N3O2. The van der Waals surface area contributed by atoms with E-state index < -0.39 is 6.36 Å². The maximum absolute atomic E-state index is 15.1. The van der Waals surface area contributed by atoms with Crippen molar-refractivity contribution in [2.75, 3.05) is 18.0 Å². The summed E-state index contributed by atoms with van der Waals surface area (Å²) in [5.41, 5.74) is 5.23. The lowest BCUT2D eigenvalue weighted by molar-refractivity contribution is -0.274. The van der Waals surface area contributed by atoms with Crippen LogP contribution in [0.2, 0.25) is 0 Å². The van der Waals surface area contributed by atoms with Crippen molar-refractivity contribution in [2.24, 2.45) is 0 Å². The third kappa shape index (κ3) is 6.08. The van der Waals surface area contributed by atoms with Gasteiger partial charge in [-0.05, 0) is 86.1 Å². The summed E-state index contributed by atoms with van der Waals surface area (Å²) in [6.45, 7) is 5.05. The number of hydrogen-bond donors (Lipinski definition) is 0. The molecule has 2 aromatic carbocycles. The zero-order valence-electron chi connectivity index (χ0n) is 21.8. The molecule has 1 aliphatic rings. The molecule has 3 heterocycles. The van der Waals surface area contributed by atoms with Crippen LogP contribution < -0.4 is 9.64 Å². The molecule has 0 aliphatic carbocycles. The van der Waals surface area contributed by atoms with Crippen molar-refractivity contribution >= 4 is 17.1 Å². The summed E-state index contributed by atoms with van der Waals surface area (Å²) in [5.74, 6) is -0.415. The Kier molecular flexibility index (Phi) is 7.34. The van der Waals surface area contributed by atoms with Crippen molar-refractivity contribution in [1.29, 1.82) is 0 Å². The summed E-state index contributed by atoms with van der Waals surface area (Å²) >= 11 is 0. The molecule has 204 valence electrons. The molecule has 0 radical (unpaired) electrons. The molecule has 0 N–H and O–H groups in total. The molecule has 0 atom stereocenters. The summed E-state index contributed by atoms with van der Waals surface area (Å²) in [7, 11) is 0. The van der Waals surface area contributed by atoms with Crippen LogP contribution in [-0.4, -0.2) is 34.6 Å². The van der Waals surface area contributed by atoms with Crippen LogP contribution in [0.3, 0.4) is 0 Å². The predicted octanol–water partition coefficient (Wildman–Crippen LogP) is 7.19. The highest BCUT2D eigenvalue weighted by atomic mass is 19.4. The van der Waals surface area contributed by atoms with Gasteiger partial charge < -0.3 is 9.64 Å². The van der Waals surface area contributed by atoms with Crippen molar-refractivity contribution in [1.82, 2.24) is 9.38 Å². The minimum absolute atomic E-state index is 0.0323. The minimum atomic E-state index is -4.71. The van der Waals surface area contributed by atoms with Gasteiger partial charge in [0.1, 0.15) is 22.9 Å². The van der Waals surface area contributed by atoms with E-state index in [9.17, 15) is 18.0 Å². The zero-order chi connectivity index (χ0) is 27.7. The molecule has 0 spiro atoms. The van der Waals surface area contributed by atoms with Crippen molar-refractivity contribution in [3.63, 3.8) is 0 Å². The Hall–Kier alpha value is -3.88. The molecule has 4 aromatic rings. The first kappa shape index (κ1) is 26.7. The molecule has 2 aromatic heterocycles. The van der Waals surface area contributed by atoms with E-state index in [1.807, 2.05) is 47.5 Å². The second-order valence-corrected chi connectivity index (χ2v) is 10.1. The van der Waals surface area contributed by atoms with E-state index in [2.05, 4.69) is 9.72 Å². The highest BCUT2D eigenvalue weighted by Gasteiger charge is 2.31. The van der Waals surface area contributed by atoms with Crippen molar-refractivity contribution < 1.29 is 27.1 Å². The van der Waals surface area contributed by atoms with Crippen molar-refractivity contribution in [2.45, 2.75) is 51.8 Å². The molecule has 1 aliphatic heterocycles. The number of halogens is 4. The summed E-state index contributed by atoms with van der Waals surface area (Å²) in [5, 5.41) is 0. The smallest absolute Gasteiger partial charge is 0.406 e. The molecule has 0 unspecified atom stereocenters. The zero-order valence-corrected chi connectivity index (χ0v) is 21.8. The van der Waals surface area contributed by atoms with Gasteiger partial charge in [0.2, 0.25) is 0 Å². The Balaban J connectivity index is 1.18. The van der Waals surface area contributed by atoms with E-state index in [1.165, 1.54) is 18.2 Å². The lowest BCUT2D eigenvalue weighted by atomic mass is 9.89. The fraction of sp³-hybridized carbons (Fsp3) is 0.333. The SMILES string of the molecule is Cc1ccc2nc(C)c(C(=O)CCc3ccc(N4CCC(c5ccc(OC(F)(F)F)cc5)CC4)c(F)c3)n2c1. The molecule has 9 heteroatoms. The lowest BCUT2D eigenvalue weighted by Gasteiger charge is -2.34. The van der Waals surface area contributed by atoms with Crippen LogP contribution in [0, 0.1) is 19.7 Å². The van der Waals surface area contributed by atoms with E-state index in [-0.39, 0.29) is 29.7 Å².